The molecule has 2 aromatic carbocycles. The van der Waals surface area contributed by atoms with Crippen molar-refractivity contribution in [2.45, 2.75) is 38.6 Å². The van der Waals surface area contributed by atoms with Gasteiger partial charge in [0.05, 0.1) is 26.4 Å². The van der Waals surface area contributed by atoms with Gasteiger partial charge in [0.15, 0.2) is 0 Å². The van der Waals surface area contributed by atoms with Crippen LogP contribution in [0.1, 0.15) is 48.0 Å². The van der Waals surface area contributed by atoms with Crippen LogP contribution in [0.3, 0.4) is 0 Å². The van der Waals surface area contributed by atoms with Gasteiger partial charge in [-0.2, -0.15) is 15.0 Å². The fourth-order valence-electron chi connectivity index (χ4n) is 4.51. The maximum absolute atomic E-state index is 13.2. The molecule has 0 unspecified atom stereocenters. The number of halogens is 1. The molecule has 1 aromatic heterocycles. The molecule has 0 aliphatic heterocycles. The van der Waals surface area contributed by atoms with Crippen LogP contribution in [-0.4, -0.2) is 66.9 Å². The van der Waals surface area contributed by atoms with E-state index in [4.69, 9.17) is 9.47 Å². The topological polar surface area (TPSA) is 122 Å². The van der Waals surface area contributed by atoms with Gasteiger partial charge >= 0.3 is 0 Å². The number of rotatable bonds is 17. The van der Waals surface area contributed by atoms with Gasteiger partial charge in [0.25, 0.3) is 5.91 Å². The molecule has 0 radical (unpaired) electrons. The average Bonchev–Trinajstić information content (AvgIpc) is 3.01. The van der Waals surface area contributed by atoms with E-state index in [0.717, 1.165) is 12.1 Å². The summed E-state index contributed by atoms with van der Waals surface area (Å²) >= 11 is 0. The van der Waals surface area contributed by atoms with Gasteiger partial charge in [-0.1, -0.05) is 49.6 Å². The van der Waals surface area contributed by atoms with Gasteiger partial charge in [-0.25, -0.2) is 4.39 Å². The molecule has 11 heteroatoms. The van der Waals surface area contributed by atoms with Crippen LogP contribution in [0.2, 0.25) is 0 Å². The minimum absolute atomic E-state index is 0.115. The van der Waals surface area contributed by atoms with Gasteiger partial charge in [0.1, 0.15) is 5.82 Å². The van der Waals surface area contributed by atoms with Crippen LogP contribution in [-0.2, 0) is 16.0 Å². The Morgan fingerprint density at radius 1 is 0.756 bits per heavy atom. The summed E-state index contributed by atoms with van der Waals surface area (Å²) in [5.41, 5.74) is 1.55. The first-order valence-electron chi connectivity index (χ1n) is 14.4. The Balaban J connectivity index is 1.15. The second-order valence-electron chi connectivity index (χ2n) is 9.94. The van der Waals surface area contributed by atoms with Crippen molar-refractivity contribution in [3.63, 3.8) is 0 Å². The molecule has 220 valence electrons. The zero-order chi connectivity index (χ0) is 28.5. The van der Waals surface area contributed by atoms with Gasteiger partial charge in [-0.05, 0) is 48.6 Å². The van der Waals surface area contributed by atoms with Crippen LogP contribution < -0.4 is 21.3 Å². The van der Waals surface area contributed by atoms with Crippen LogP contribution >= 0.6 is 0 Å². The molecular weight excluding hydrogens is 525 g/mol. The number of aromatic nitrogens is 3. The van der Waals surface area contributed by atoms with E-state index in [1.807, 2.05) is 18.2 Å². The Hall–Kier alpha value is -3.83. The fraction of sp³-hybridized carbons (Fsp3) is 0.467. The highest BCUT2D eigenvalue weighted by Crippen LogP contribution is 2.23. The van der Waals surface area contributed by atoms with Crippen LogP contribution in [0.25, 0.3) is 0 Å². The monoisotopic (exact) mass is 565 g/mol. The molecule has 1 aliphatic carbocycles. The minimum Gasteiger partial charge on any atom is -0.377 e. The number of hydrogen-bond acceptors (Lipinski definition) is 9. The third kappa shape index (κ3) is 11.3. The molecule has 3 aromatic rings. The van der Waals surface area contributed by atoms with E-state index < -0.39 is 0 Å². The van der Waals surface area contributed by atoms with Crippen LogP contribution in [0.5, 0.6) is 0 Å². The van der Waals surface area contributed by atoms with E-state index in [2.05, 4.69) is 36.2 Å². The number of carbonyl (C=O) groups excluding carboxylic acids is 1. The highest BCUT2D eigenvalue weighted by atomic mass is 19.1. The summed E-state index contributed by atoms with van der Waals surface area (Å²) in [5.74, 6) is 1.65. The molecule has 1 heterocycles. The van der Waals surface area contributed by atoms with Gasteiger partial charge in [-0.3, -0.25) is 4.79 Å². The van der Waals surface area contributed by atoms with Gasteiger partial charge in [0, 0.05) is 31.7 Å². The number of ether oxygens (including phenoxy) is 2. The Labute approximate surface area is 240 Å². The number of hydrogen-bond donors (Lipinski definition) is 4. The lowest BCUT2D eigenvalue weighted by atomic mass is 9.89. The number of benzene rings is 2. The third-order valence-electron chi connectivity index (χ3n) is 6.74. The first-order chi connectivity index (χ1) is 20.2. The highest BCUT2D eigenvalue weighted by molar-refractivity contribution is 5.94. The summed E-state index contributed by atoms with van der Waals surface area (Å²) in [6.45, 7) is 3.97. The van der Waals surface area contributed by atoms with Crippen molar-refractivity contribution in [3.05, 3.63) is 71.5 Å². The standard InChI is InChI=1S/C30H40FN7O3/c31-26-13-11-24(12-14-26)22-35-30-37-28(36-29(38-30)34-21-23-7-3-1-4-8-23)33-16-18-41-20-19-40-17-15-32-27(39)25-9-5-2-6-10-25/h2,5-6,9-14,23H,1,3-4,7-8,15-22H2,(H,32,39)(H3,33,34,35,36,37,38). The lowest BCUT2D eigenvalue weighted by Gasteiger charge is -2.21. The van der Waals surface area contributed by atoms with Crippen molar-refractivity contribution in [3.8, 4) is 0 Å². The maximum atomic E-state index is 13.2. The van der Waals surface area contributed by atoms with Gasteiger partial charge in [0.2, 0.25) is 17.8 Å². The molecule has 41 heavy (non-hydrogen) atoms. The zero-order valence-corrected chi connectivity index (χ0v) is 23.4. The minimum atomic E-state index is -0.268. The summed E-state index contributed by atoms with van der Waals surface area (Å²) in [6, 6.07) is 15.4. The summed E-state index contributed by atoms with van der Waals surface area (Å²) in [5, 5.41) is 12.6. The Morgan fingerprint density at radius 3 is 2.10 bits per heavy atom. The van der Waals surface area contributed by atoms with Crippen molar-refractivity contribution < 1.29 is 18.7 Å². The second-order valence-corrected chi connectivity index (χ2v) is 9.94. The lowest BCUT2D eigenvalue weighted by molar-refractivity contribution is 0.0519. The quantitative estimate of drug-likeness (QED) is 0.175. The first kappa shape index (κ1) is 30.1. The Morgan fingerprint density at radius 2 is 1.39 bits per heavy atom. The molecule has 1 amide bonds. The number of amides is 1. The largest absolute Gasteiger partial charge is 0.377 e. The highest BCUT2D eigenvalue weighted by Gasteiger charge is 2.14. The molecule has 0 spiro atoms. The zero-order valence-electron chi connectivity index (χ0n) is 23.4. The van der Waals surface area contributed by atoms with Gasteiger partial charge in [-0.15, -0.1) is 0 Å². The summed E-state index contributed by atoms with van der Waals surface area (Å²) in [4.78, 5) is 25.6. The predicted molar refractivity (Wildman–Crippen MR) is 158 cm³/mol. The molecule has 0 saturated heterocycles. The molecular formula is C30H40FN7O3. The molecule has 10 nitrogen and oxygen atoms in total. The molecule has 1 fully saturated rings. The molecule has 4 N–H and O–H groups in total. The third-order valence-corrected chi connectivity index (χ3v) is 6.74. The van der Waals surface area contributed by atoms with Crippen molar-refractivity contribution in [2.75, 3.05) is 62.0 Å². The molecule has 1 saturated carbocycles. The van der Waals surface area contributed by atoms with Crippen LogP contribution in [0.15, 0.2) is 54.6 Å². The molecule has 1 aliphatic rings. The smallest absolute Gasteiger partial charge is 0.251 e. The number of carbonyl (C=O) groups is 1. The fourth-order valence-corrected chi connectivity index (χ4v) is 4.51. The van der Waals surface area contributed by atoms with E-state index in [0.29, 0.717) is 75.4 Å². The summed E-state index contributed by atoms with van der Waals surface area (Å²) in [7, 11) is 0. The van der Waals surface area contributed by atoms with Crippen molar-refractivity contribution in [2.24, 2.45) is 5.92 Å². The van der Waals surface area contributed by atoms with Crippen LogP contribution in [0, 0.1) is 11.7 Å². The molecule has 0 bridgehead atoms. The summed E-state index contributed by atoms with van der Waals surface area (Å²) in [6.07, 6.45) is 6.31. The van der Waals surface area contributed by atoms with Crippen molar-refractivity contribution in [1.82, 2.24) is 20.3 Å². The van der Waals surface area contributed by atoms with E-state index in [1.165, 1.54) is 44.2 Å². The number of nitrogens with one attached hydrogen (secondary N) is 4. The molecule has 4 rings (SSSR count). The van der Waals surface area contributed by atoms with Crippen LogP contribution in [0.4, 0.5) is 22.2 Å². The number of anilines is 3. The number of nitrogens with zero attached hydrogens (tertiary/aromatic N) is 3. The summed E-state index contributed by atoms with van der Waals surface area (Å²) < 4.78 is 24.4. The van der Waals surface area contributed by atoms with Gasteiger partial charge < -0.3 is 30.7 Å². The first-order valence-corrected chi connectivity index (χ1v) is 14.4. The SMILES string of the molecule is O=C(NCCOCCOCCNc1nc(NCc2ccc(F)cc2)nc(NCC2CCCCC2)n1)c1ccccc1. The van der Waals surface area contributed by atoms with E-state index >= 15 is 0 Å². The second kappa shape index (κ2) is 17.1. The predicted octanol–water partition coefficient (Wildman–Crippen LogP) is 4.49. The van der Waals surface area contributed by atoms with Crippen molar-refractivity contribution >= 4 is 23.8 Å². The van der Waals surface area contributed by atoms with E-state index in [1.54, 1.807) is 24.3 Å². The Bertz CT molecular complexity index is 1180. The Kier molecular flexibility index (Phi) is 12.6. The lowest BCUT2D eigenvalue weighted by Crippen LogP contribution is -2.27. The maximum Gasteiger partial charge on any atom is 0.251 e. The van der Waals surface area contributed by atoms with E-state index in [-0.39, 0.29) is 11.7 Å². The average molecular weight is 566 g/mol. The van der Waals surface area contributed by atoms with Crippen molar-refractivity contribution in [1.29, 1.82) is 0 Å². The normalized spacial score (nSPS) is 13.5. The molecule has 0 atom stereocenters. The van der Waals surface area contributed by atoms with E-state index in [9.17, 15) is 9.18 Å².